The van der Waals surface area contributed by atoms with E-state index in [1.165, 1.54) is 17.0 Å². The van der Waals surface area contributed by atoms with E-state index in [4.69, 9.17) is 0 Å². The zero-order chi connectivity index (χ0) is 26.6. The van der Waals surface area contributed by atoms with E-state index in [2.05, 4.69) is 5.32 Å². The molecule has 0 aliphatic rings. The highest BCUT2D eigenvalue weighted by Gasteiger charge is 2.32. The molecular weight excluding hydrogens is 472 g/mol. The van der Waals surface area contributed by atoms with Gasteiger partial charge < -0.3 is 10.2 Å². The number of nitrogens with one attached hydrogen (secondary N) is 1. The predicted octanol–water partition coefficient (Wildman–Crippen LogP) is 3.00. The van der Waals surface area contributed by atoms with Crippen molar-refractivity contribution < 1.29 is 22.9 Å². The molecule has 1 N–H and O–H groups in total. The SMILES string of the molecule is Cc1ccc([N+](=O)[O-])cc1N(CC(=O)N(Cc1ccccc1)[C@@H](C)C(=O)NC(C)(C)C)S(C)(=O)=O. The summed E-state index contributed by atoms with van der Waals surface area (Å²) in [7, 11) is -4.00. The van der Waals surface area contributed by atoms with Crippen molar-refractivity contribution in [2.24, 2.45) is 0 Å². The van der Waals surface area contributed by atoms with Crippen molar-refractivity contribution in [3.05, 3.63) is 69.8 Å². The highest BCUT2D eigenvalue weighted by Crippen LogP contribution is 2.28. The number of rotatable bonds is 9. The Morgan fingerprint density at radius 1 is 1.11 bits per heavy atom. The number of nitro benzene ring substituents is 1. The molecule has 2 rings (SSSR count). The van der Waals surface area contributed by atoms with Gasteiger partial charge in [-0.3, -0.25) is 24.0 Å². The van der Waals surface area contributed by atoms with E-state index in [0.717, 1.165) is 22.2 Å². The maximum atomic E-state index is 13.5. The molecule has 190 valence electrons. The number of amides is 2. The molecule has 0 aromatic heterocycles. The fraction of sp³-hybridized carbons (Fsp3) is 0.417. The van der Waals surface area contributed by atoms with Gasteiger partial charge in [0, 0.05) is 24.2 Å². The quantitative estimate of drug-likeness (QED) is 0.413. The number of benzene rings is 2. The minimum absolute atomic E-state index is 0.0292. The third kappa shape index (κ3) is 7.78. The number of hydrogen-bond acceptors (Lipinski definition) is 6. The first-order valence-electron chi connectivity index (χ1n) is 11.0. The number of hydrogen-bond donors (Lipinski definition) is 1. The number of nitro groups is 1. The van der Waals surface area contributed by atoms with Crippen LogP contribution in [0, 0.1) is 17.0 Å². The second kappa shape index (κ2) is 10.9. The van der Waals surface area contributed by atoms with Crippen LogP contribution >= 0.6 is 0 Å². The minimum Gasteiger partial charge on any atom is -0.350 e. The number of sulfonamides is 1. The van der Waals surface area contributed by atoms with Crippen LogP contribution in [0.2, 0.25) is 0 Å². The van der Waals surface area contributed by atoms with E-state index in [-0.39, 0.29) is 23.8 Å². The molecule has 1 atom stereocenters. The van der Waals surface area contributed by atoms with E-state index < -0.39 is 39.0 Å². The molecule has 0 saturated carbocycles. The molecule has 2 aromatic rings. The Kier molecular flexibility index (Phi) is 8.61. The molecule has 11 heteroatoms. The van der Waals surface area contributed by atoms with E-state index >= 15 is 0 Å². The van der Waals surface area contributed by atoms with E-state index in [9.17, 15) is 28.1 Å². The molecule has 2 aromatic carbocycles. The summed E-state index contributed by atoms with van der Waals surface area (Å²) < 4.78 is 26.2. The van der Waals surface area contributed by atoms with Gasteiger partial charge in [0.25, 0.3) is 5.69 Å². The Hall–Kier alpha value is -3.47. The summed E-state index contributed by atoms with van der Waals surface area (Å²) in [4.78, 5) is 38.4. The molecule has 35 heavy (non-hydrogen) atoms. The second-order valence-electron chi connectivity index (χ2n) is 9.42. The van der Waals surface area contributed by atoms with Crippen molar-refractivity contribution in [2.45, 2.75) is 52.7 Å². The van der Waals surface area contributed by atoms with Crippen molar-refractivity contribution in [1.82, 2.24) is 10.2 Å². The Morgan fingerprint density at radius 3 is 2.23 bits per heavy atom. The van der Waals surface area contributed by atoms with E-state index in [0.29, 0.717) is 5.56 Å². The van der Waals surface area contributed by atoms with Crippen LogP contribution in [-0.4, -0.2) is 54.4 Å². The first kappa shape index (κ1) is 27.8. The Labute approximate surface area is 206 Å². The molecule has 0 spiro atoms. The largest absolute Gasteiger partial charge is 0.350 e. The van der Waals surface area contributed by atoms with Crippen LogP contribution in [0.15, 0.2) is 48.5 Å². The molecule has 0 radical (unpaired) electrons. The first-order valence-corrected chi connectivity index (χ1v) is 12.8. The monoisotopic (exact) mass is 504 g/mol. The van der Waals surface area contributed by atoms with Gasteiger partial charge in [-0.15, -0.1) is 0 Å². The molecule has 2 amide bonds. The lowest BCUT2D eigenvalue weighted by atomic mass is 10.1. The van der Waals surface area contributed by atoms with Gasteiger partial charge in [0.2, 0.25) is 21.8 Å². The fourth-order valence-corrected chi connectivity index (χ4v) is 4.31. The molecule has 0 unspecified atom stereocenters. The molecular formula is C24H32N4O6S. The molecule has 0 heterocycles. The minimum atomic E-state index is -4.00. The zero-order valence-corrected chi connectivity index (χ0v) is 21.6. The summed E-state index contributed by atoms with van der Waals surface area (Å²) in [6.45, 7) is 8.07. The van der Waals surface area contributed by atoms with Crippen LogP contribution in [0.3, 0.4) is 0 Å². The lowest BCUT2D eigenvalue weighted by molar-refractivity contribution is -0.384. The zero-order valence-electron chi connectivity index (χ0n) is 20.8. The number of anilines is 1. The molecule has 0 saturated heterocycles. The van der Waals surface area contributed by atoms with Crippen LogP contribution in [-0.2, 0) is 26.2 Å². The summed E-state index contributed by atoms with van der Waals surface area (Å²) in [6, 6.07) is 11.9. The summed E-state index contributed by atoms with van der Waals surface area (Å²) in [5.74, 6) is -1.01. The highest BCUT2D eigenvalue weighted by atomic mass is 32.2. The van der Waals surface area contributed by atoms with Gasteiger partial charge in [-0.1, -0.05) is 36.4 Å². The van der Waals surface area contributed by atoms with Gasteiger partial charge in [-0.25, -0.2) is 8.42 Å². The van der Waals surface area contributed by atoms with Gasteiger partial charge in [0.1, 0.15) is 12.6 Å². The predicted molar refractivity (Wildman–Crippen MR) is 134 cm³/mol. The van der Waals surface area contributed by atoms with E-state index in [1.807, 2.05) is 26.8 Å². The fourth-order valence-electron chi connectivity index (χ4n) is 3.41. The Morgan fingerprint density at radius 2 is 1.71 bits per heavy atom. The lowest BCUT2D eigenvalue weighted by Crippen LogP contribution is -2.54. The lowest BCUT2D eigenvalue weighted by Gasteiger charge is -2.33. The first-order chi connectivity index (χ1) is 16.1. The van der Waals surface area contributed by atoms with Gasteiger partial charge in [-0.05, 0) is 45.7 Å². The Balaban J connectivity index is 2.47. The Bertz CT molecular complexity index is 1190. The molecule has 0 aliphatic heterocycles. The smallest absolute Gasteiger partial charge is 0.271 e. The van der Waals surface area contributed by atoms with Crippen molar-refractivity contribution in [2.75, 3.05) is 17.1 Å². The second-order valence-corrected chi connectivity index (χ2v) is 11.3. The molecule has 0 bridgehead atoms. The summed E-state index contributed by atoms with van der Waals surface area (Å²) in [5.41, 5.74) is 0.397. The molecule has 0 aliphatic carbocycles. The van der Waals surface area contributed by atoms with Crippen molar-refractivity contribution in [3.63, 3.8) is 0 Å². The number of non-ortho nitro benzene ring substituents is 1. The third-order valence-corrected chi connectivity index (χ3v) is 6.34. The summed E-state index contributed by atoms with van der Waals surface area (Å²) in [5, 5.41) is 14.1. The van der Waals surface area contributed by atoms with Gasteiger partial charge in [0.15, 0.2) is 0 Å². The van der Waals surface area contributed by atoms with Crippen molar-refractivity contribution >= 4 is 33.2 Å². The van der Waals surface area contributed by atoms with Crippen LogP contribution in [0.5, 0.6) is 0 Å². The van der Waals surface area contributed by atoms with Crippen LogP contribution in [0.1, 0.15) is 38.8 Å². The van der Waals surface area contributed by atoms with Crippen molar-refractivity contribution in [1.29, 1.82) is 0 Å². The number of carbonyl (C=O) groups excluding carboxylic acids is 2. The van der Waals surface area contributed by atoms with Crippen molar-refractivity contribution in [3.8, 4) is 0 Å². The average Bonchev–Trinajstić information content (AvgIpc) is 2.74. The number of carbonyl (C=O) groups is 2. The van der Waals surface area contributed by atoms with Crippen LogP contribution < -0.4 is 9.62 Å². The van der Waals surface area contributed by atoms with Gasteiger partial charge in [0.05, 0.1) is 16.9 Å². The normalized spacial score (nSPS) is 12.5. The van der Waals surface area contributed by atoms with Crippen LogP contribution in [0.4, 0.5) is 11.4 Å². The molecule has 10 nitrogen and oxygen atoms in total. The number of aryl methyl sites for hydroxylation is 1. The molecule has 0 fully saturated rings. The van der Waals surface area contributed by atoms with Crippen LogP contribution in [0.25, 0.3) is 0 Å². The van der Waals surface area contributed by atoms with Gasteiger partial charge >= 0.3 is 0 Å². The summed E-state index contributed by atoms with van der Waals surface area (Å²) >= 11 is 0. The topological polar surface area (TPSA) is 130 Å². The number of nitrogens with zero attached hydrogens (tertiary/aromatic N) is 3. The summed E-state index contributed by atoms with van der Waals surface area (Å²) in [6.07, 6.45) is 0.926. The average molecular weight is 505 g/mol. The maximum Gasteiger partial charge on any atom is 0.271 e. The standard InChI is InChI=1S/C24H32N4O6S/c1-17-12-13-20(28(31)32)14-21(17)27(35(6,33)34)16-22(29)26(15-19-10-8-7-9-11-19)18(2)23(30)25-24(3,4)5/h7-14,18H,15-16H2,1-6H3,(H,25,30)/t18-/m0/s1. The third-order valence-electron chi connectivity index (χ3n) is 5.21. The highest BCUT2D eigenvalue weighted by molar-refractivity contribution is 7.92. The maximum absolute atomic E-state index is 13.5. The van der Waals surface area contributed by atoms with E-state index in [1.54, 1.807) is 38.1 Å². The van der Waals surface area contributed by atoms with Gasteiger partial charge in [-0.2, -0.15) is 0 Å².